The zero-order valence-electron chi connectivity index (χ0n) is 11.8. The van der Waals surface area contributed by atoms with Gasteiger partial charge in [-0.3, -0.25) is 0 Å². The van der Waals surface area contributed by atoms with Gasteiger partial charge in [0, 0.05) is 18.0 Å². The van der Waals surface area contributed by atoms with Gasteiger partial charge in [0.2, 0.25) is 0 Å². The van der Waals surface area contributed by atoms with E-state index in [4.69, 9.17) is 5.10 Å². The molecule has 0 unspecified atom stereocenters. The van der Waals surface area contributed by atoms with E-state index in [9.17, 15) is 0 Å². The zero-order valence-corrected chi connectivity index (χ0v) is 11.8. The van der Waals surface area contributed by atoms with Crippen molar-refractivity contribution in [1.82, 2.24) is 25.1 Å². The van der Waals surface area contributed by atoms with Gasteiger partial charge >= 0.3 is 0 Å². The third-order valence-corrected chi connectivity index (χ3v) is 3.25. The summed E-state index contributed by atoms with van der Waals surface area (Å²) >= 11 is 0. The van der Waals surface area contributed by atoms with Crippen LogP contribution in [0.5, 0.6) is 0 Å². The van der Waals surface area contributed by atoms with E-state index in [0.717, 1.165) is 31.6 Å². The molecule has 2 aromatic heterocycles. The summed E-state index contributed by atoms with van der Waals surface area (Å²) in [6.07, 6.45) is 6.23. The van der Waals surface area contributed by atoms with Crippen molar-refractivity contribution in [3.63, 3.8) is 0 Å². The topological polar surface area (TPSA) is 55.6 Å². The van der Waals surface area contributed by atoms with Crippen LogP contribution in [0.25, 0.3) is 5.82 Å². The zero-order chi connectivity index (χ0) is 13.7. The Labute approximate surface area is 114 Å². The Balaban J connectivity index is 2.47. The SMILES string of the molecule is CCc1nn(-c2ccncn2)c(CC)c1CCNC. The molecule has 0 aliphatic carbocycles. The normalized spacial score (nSPS) is 10.9. The Morgan fingerprint density at radius 3 is 2.68 bits per heavy atom. The highest BCUT2D eigenvalue weighted by Gasteiger charge is 2.16. The Morgan fingerprint density at radius 1 is 1.26 bits per heavy atom. The Bertz CT molecular complexity index is 518. The van der Waals surface area contributed by atoms with Gasteiger partial charge in [-0.05, 0) is 38.4 Å². The maximum Gasteiger partial charge on any atom is 0.156 e. The average molecular weight is 259 g/mol. The van der Waals surface area contributed by atoms with Gasteiger partial charge in [0.1, 0.15) is 6.33 Å². The van der Waals surface area contributed by atoms with Crippen LogP contribution in [0.1, 0.15) is 30.8 Å². The molecule has 0 aliphatic heterocycles. The third kappa shape index (κ3) is 2.81. The molecule has 5 heteroatoms. The molecule has 19 heavy (non-hydrogen) atoms. The van der Waals surface area contributed by atoms with Gasteiger partial charge in [0.15, 0.2) is 5.82 Å². The van der Waals surface area contributed by atoms with Gasteiger partial charge in [0.05, 0.1) is 5.69 Å². The van der Waals surface area contributed by atoms with E-state index in [0.29, 0.717) is 0 Å². The largest absolute Gasteiger partial charge is 0.319 e. The quantitative estimate of drug-likeness (QED) is 0.855. The Hall–Kier alpha value is -1.75. The van der Waals surface area contributed by atoms with Crippen LogP contribution in [-0.2, 0) is 19.3 Å². The molecule has 0 saturated carbocycles. The molecule has 5 nitrogen and oxygen atoms in total. The molecule has 0 amide bonds. The molecule has 1 N–H and O–H groups in total. The molecule has 0 saturated heterocycles. The molecule has 0 bridgehead atoms. The number of hydrogen-bond acceptors (Lipinski definition) is 4. The van der Waals surface area contributed by atoms with E-state index in [1.54, 1.807) is 12.5 Å². The van der Waals surface area contributed by atoms with Crippen molar-refractivity contribution in [3.05, 3.63) is 35.5 Å². The van der Waals surface area contributed by atoms with Crippen LogP contribution in [0, 0.1) is 0 Å². The lowest BCUT2D eigenvalue weighted by atomic mass is 10.1. The highest BCUT2D eigenvalue weighted by atomic mass is 15.3. The van der Waals surface area contributed by atoms with E-state index in [-0.39, 0.29) is 0 Å². The summed E-state index contributed by atoms with van der Waals surface area (Å²) in [5.41, 5.74) is 3.79. The van der Waals surface area contributed by atoms with Crippen molar-refractivity contribution >= 4 is 0 Å². The van der Waals surface area contributed by atoms with Crippen molar-refractivity contribution < 1.29 is 0 Å². The monoisotopic (exact) mass is 259 g/mol. The van der Waals surface area contributed by atoms with Crippen molar-refractivity contribution in [3.8, 4) is 5.82 Å². The number of hydrogen-bond donors (Lipinski definition) is 1. The fraction of sp³-hybridized carbons (Fsp3) is 0.500. The van der Waals surface area contributed by atoms with Crippen molar-refractivity contribution in [1.29, 1.82) is 0 Å². The minimum Gasteiger partial charge on any atom is -0.319 e. The fourth-order valence-corrected chi connectivity index (χ4v) is 2.32. The minimum atomic E-state index is 0.845. The van der Waals surface area contributed by atoms with Crippen LogP contribution < -0.4 is 5.32 Å². The predicted molar refractivity (Wildman–Crippen MR) is 75.5 cm³/mol. The number of nitrogens with one attached hydrogen (secondary N) is 1. The lowest BCUT2D eigenvalue weighted by Gasteiger charge is -2.06. The van der Waals surface area contributed by atoms with Crippen molar-refractivity contribution in [2.24, 2.45) is 0 Å². The van der Waals surface area contributed by atoms with Crippen LogP contribution >= 0.6 is 0 Å². The molecular weight excluding hydrogens is 238 g/mol. The second kappa shape index (κ2) is 6.43. The maximum atomic E-state index is 4.72. The van der Waals surface area contributed by atoms with Crippen LogP contribution in [-0.4, -0.2) is 33.3 Å². The van der Waals surface area contributed by atoms with Crippen LogP contribution in [0.2, 0.25) is 0 Å². The summed E-state index contributed by atoms with van der Waals surface area (Å²) in [7, 11) is 1.98. The molecular formula is C14H21N5. The summed E-state index contributed by atoms with van der Waals surface area (Å²) in [5.74, 6) is 0.845. The smallest absolute Gasteiger partial charge is 0.156 e. The summed E-state index contributed by atoms with van der Waals surface area (Å²) in [6.45, 7) is 5.28. The van der Waals surface area contributed by atoms with Crippen molar-refractivity contribution in [2.75, 3.05) is 13.6 Å². The van der Waals surface area contributed by atoms with Gasteiger partial charge in [-0.2, -0.15) is 5.10 Å². The van der Waals surface area contributed by atoms with Gasteiger partial charge in [-0.1, -0.05) is 13.8 Å². The van der Waals surface area contributed by atoms with Crippen LogP contribution in [0.15, 0.2) is 18.6 Å². The van der Waals surface area contributed by atoms with E-state index < -0.39 is 0 Å². The van der Waals surface area contributed by atoms with Crippen LogP contribution in [0.3, 0.4) is 0 Å². The number of aromatic nitrogens is 4. The standard InChI is InChI=1S/C14H21N5/c1-4-12-11(6-8-15-3)13(5-2)19(18-12)14-7-9-16-10-17-14/h7,9-10,15H,4-6,8H2,1-3H3. The molecule has 2 rings (SSSR count). The number of nitrogens with zero attached hydrogens (tertiary/aromatic N) is 4. The number of likely N-dealkylation sites (N-methyl/N-ethyl adjacent to an activating group) is 1. The van der Waals surface area contributed by atoms with Gasteiger partial charge in [-0.25, -0.2) is 14.6 Å². The molecule has 0 aromatic carbocycles. The molecule has 0 aliphatic rings. The molecule has 0 radical (unpaired) electrons. The van der Waals surface area contributed by atoms with Gasteiger partial charge in [-0.15, -0.1) is 0 Å². The summed E-state index contributed by atoms with van der Waals surface area (Å²) in [6, 6.07) is 1.90. The first-order valence-electron chi connectivity index (χ1n) is 6.82. The lowest BCUT2D eigenvalue weighted by Crippen LogP contribution is -2.12. The molecule has 102 valence electrons. The highest BCUT2D eigenvalue weighted by molar-refractivity contribution is 5.33. The lowest BCUT2D eigenvalue weighted by molar-refractivity contribution is 0.760. The summed E-state index contributed by atoms with van der Waals surface area (Å²) in [4.78, 5) is 8.26. The predicted octanol–water partition coefficient (Wildman–Crippen LogP) is 1.55. The second-order valence-corrected chi connectivity index (χ2v) is 4.41. The number of rotatable bonds is 6. The van der Waals surface area contributed by atoms with E-state index in [1.807, 2.05) is 17.8 Å². The van der Waals surface area contributed by atoms with Crippen molar-refractivity contribution in [2.45, 2.75) is 33.1 Å². The average Bonchev–Trinajstić information content (AvgIpc) is 2.83. The van der Waals surface area contributed by atoms with Gasteiger partial charge < -0.3 is 5.32 Å². The summed E-state index contributed by atoms with van der Waals surface area (Å²) < 4.78 is 1.96. The number of aryl methyl sites for hydroxylation is 1. The van der Waals surface area contributed by atoms with Crippen LogP contribution in [0.4, 0.5) is 0 Å². The molecule has 0 fully saturated rings. The third-order valence-electron chi connectivity index (χ3n) is 3.25. The Morgan fingerprint density at radius 2 is 2.11 bits per heavy atom. The first-order valence-corrected chi connectivity index (χ1v) is 6.82. The molecule has 0 spiro atoms. The summed E-state index contributed by atoms with van der Waals surface area (Å²) in [5, 5.41) is 7.93. The Kier molecular flexibility index (Phi) is 4.63. The molecule has 0 atom stereocenters. The van der Waals surface area contributed by atoms with E-state index in [2.05, 4.69) is 29.1 Å². The minimum absolute atomic E-state index is 0.845. The second-order valence-electron chi connectivity index (χ2n) is 4.41. The first-order chi connectivity index (χ1) is 9.31. The van der Waals surface area contributed by atoms with E-state index >= 15 is 0 Å². The maximum absolute atomic E-state index is 4.72. The highest BCUT2D eigenvalue weighted by Crippen LogP contribution is 2.19. The van der Waals surface area contributed by atoms with E-state index in [1.165, 1.54) is 17.0 Å². The molecule has 2 heterocycles. The first kappa shape index (κ1) is 13.7. The molecule has 2 aromatic rings. The fourth-order valence-electron chi connectivity index (χ4n) is 2.32. The van der Waals surface area contributed by atoms with Gasteiger partial charge in [0.25, 0.3) is 0 Å².